The number of carbonyl (C=O) groups excluding carboxylic acids is 1. The molecule has 1 aliphatic rings. The van der Waals surface area contributed by atoms with Gasteiger partial charge in [-0.2, -0.15) is 0 Å². The molecule has 1 fully saturated rings. The van der Waals surface area contributed by atoms with Gasteiger partial charge in [0.15, 0.2) is 0 Å². The van der Waals surface area contributed by atoms with Crippen molar-refractivity contribution in [3.05, 3.63) is 30.3 Å². The fourth-order valence-corrected chi connectivity index (χ4v) is 2.00. The predicted octanol–water partition coefficient (Wildman–Crippen LogP) is 0.801. The molecule has 4 nitrogen and oxygen atoms in total. The van der Waals surface area contributed by atoms with Crippen molar-refractivity contribution in [1.82, 2.24) is 10.2 Å². The zero-order chi connectivity index (χ0) is 13.0. The number of amides is 1. The minimum absolute atomic E-state index is 0.192. The van der Waals surface area contributed by atoms with E-state index >= 15 is 0 Å². The van der Waals surface area contributed by atoms with Crippen LogP contribution in [0.1, 0.15) is 0 Å². The fraction of sp³-hybridized carbons (Fsp3) is 0.500. The van der Waals surface area contributed by atoms with Gasteiger partial charge in [0, 0.05) is 46.0 Å². The summed E-state index contributed by atoms with van der Waals surface area (Å²) in [5.41, 5.74) is 1.18. The number of carbonyl (C=O) groups is 1. The van der Waals surface area contributed by atoms with Gasteiger partial charge < -0.3 is 15.1 Å². The van der Waals surface area contributed by atoms with Crippen LogP contribution >= 0.6 is 0 Å². The molecule has 0 unspecified atom stereocenters. The maximum absolute atomic E-state index is 11.9. The number of nitrogens with one attached hydrogen (secondary N) is 1. The zero-order valence-electron chi connectivity index (χ0n) is 11.1. The van der Waals surface area contributed by atoms with Crippen LogP contribution in [0.4, 0.5) is 5.69 Å². The second kappa shape index (κ2) is 5.87. The van der Waals surface area contributed by atoms with Crippen molar-refractivity contribution in [2.75, 3.05) is 45.2 Å². The third-order valence-electron chi connectivity index (χ3n) is 3.47. The molecule has 1 N–H and O–H groups in total. The summed E-state index contributed by atoms with van der Waals surface area (Å²) in [6.45, 7) is 3.28. The SMILES string of the molecule is CN(CCN(C)c1ccccc1)C(=O)C1CNC1. The molecule has 0 aliphatic carbocycles. The summed E-state index contributed by atoms with van der Waals surface area (Å²) in [6.07, 6.45) is 0. The van der Waals surface area contributed by atoms with Gasteiger partial charge in [0.1, 0.15) is 0 Å². The van der Waals surface area contributed by atoms with E-state index in [-0.39, 0.29) is 11.8 Å². The largest absolute Gasteiger partial charge is 0.373 e. The average Bonchev–Trinajstić information content (AvgIpc) is 2.34. The van der Waals surface area contributed by atoms with Crippen LogP contribution in [0.25, 0.3) is 0 Å². The highest BCUT2D eigenvalue weighted by Crippen LogP contribution is 2.11. The first kappa shape index (κ1) is 12.9. The van der Waals surface area contributed by atoms with E-state index in [4.69, 9.17) is 0 Å². The summed E-state index contributed by atoms with van der Waals surface area (Å²) in [5.74, 6) is 0.451. The van der Waals surface area contributed by atoms with E-state index in [9.17, 15) is 4.79 Å². The standard InChI is InChI=1S/C14H21N3O/c1-16(13-6-4-3-5-7-13)8-9-17(2)14(18)12-10-15-11-12/h3-7,12,15H,8-11H2,1-2H3. The van der Waals surface area contributed by atoms with Gasteiger partial charge in [0.05, 0.1) is 5.92 Å². The fourth-order valence-electron chi connectivity index (χ4n) is 2.00. The second-order valence-corrected chi connectivity index (χ2v) is 4.87. The van der Waals surface area contributed by atoms with Gasteiger partial charge in [-0.05, 0) is 12.1 Å². The number of hydrogen-bond acceptors (Lipinski definition) is 3. The Labute approximate surface area is 109 Å². The quantitative estimate of drug-likeness (QED) is 0.836. The molecule has 0 spiro atoms. The molecule has 2 rings (SSSR count). The van der Waals surface area contributed by atoms with Crippen molar-refractivity contribution in [2.24, 2.45) is 5.92 Å². The van der Waals surface area contributed by atoms with Gasteiger partial charge in [-0.1, -0.05) is 18.2 Å². The molecule has 0 atom stereocenters. The molecule has 18 heavy (non-hydrogen) atoms. The molecule has 1 aromatic carbocycles. The van der Waals surface area contributed by atoms with Crippen molar-refractivity contribution >= 4 is 11.6 Å². The highest BCUT2D eigenvalue weighted by Gasteiger charge is 2.27. The van der Waals surface area contributed by atoms with Gasteiger partial charge >= 0.3 is 0 Å². The molecule has 98 valence electrons. The molecule has 4 heteroatoms. The van der Waals surface area contributed by atoms with Gasteiger partial charge in [0.2, 0.25) is 5.91 Å². The molecule has 0 saturated carbocycles. The molecular weight excluding hydrogens is 226 g/mol. The van der Waals surface area contributed by atoms with Crippen molar-refractivity contribution in [3.63, 3.8) is 0 Å². The number of benzene rings is 1. The first-order chi connectivity index (χ1) is 8.68. The van der Waals surface area contributed by atoms with Crippen LogP contribution in [-0.4, -0.2) is 51.1 Å². The number of anilines is 1. The Morgan fingerprint density at radius 3 is 2.44 bits per heavy atom. The molecule has 1 heterocycles. The van der Waals surface area contributed by atoms with Crippen molar-refractivity contribution in [3.8, 4) is 0 Å². The number of para-hydroxylation sites is 1. The van der Waals surface area contributed by atoms with Crippen LogP contribution in [0.5, 0.6) is 0 Å². The van der Waals surface area contributed by atoms with Crippen LogP contribution in [0, 0.1) is 5.92 Å². The van der Waals surface area contributed by atoms with Gasteiger partial charge in [-0.15, -0.1) is 0 Å². The Morgan fingerprint density at radius 2 is 1.89 bits per heavy atom. The zero-order valence-corrected chi connectivity index (χ0v) is 11.1. The average molecular weight is 247 g/mol. The lowest BCUT2D eigenvalue weighted by molar-refractivity contribution is -0.135. The molecule has 1 amide bonds. The van der Waals surface area contributed by atoms with Crippen LogP contribution in [0.2, 0.25) is 0 Å². The van der Waals surface area contributed by atoms with Crippen molar-refractivity contribution in [1.29, 1.82) is 0 Å². The minimum Gasteiger partial charge on any atom is -0.373 e. The molecule has 0 aromatic heterocycles. The third-order valence-corrected chi connectivity index (χ3v) is 3.47. The Bertz CT molecular complexity index is 389. The van der Waals surface area contributed by atoms with Crippen LogP contribution in [-0.2, 0) is 4.79 Å². The van der Waals surface area contributed by atoms with Crippen LogP contribution in [0.3, 0.4) is 0 Å². The Hall–Kier alpha value is -1.55. The van der Waals surface area contributed by atoms with E-state index in [0.717, 1.165) is 26.2 Å². The van der Waals surface area contributed by atoms with E-state index in [0.29, 0.717) is 0 Å². The first-order valence-electron chi connectivity index (χ1n) is 6.40. The summed E-state index contributed by atoms with van der Waals surface area (Å²) >= 11 is 0. The monoisotopic (exact) mass is 247 g/mol. The summed E-state index contributed by atoms with van der Waals surface area (Å²) < 4.78 is 0. The Balaban J connectivity index is 1.78. The number of nitrogens with zero attached hydrogens (tertiary/aromatic N) is 2. The van der Waals surface area contributed by atoms with Crippen LogP contribution < -0.4 is 10.2 Å². The topological polar surface area (TPSA) is 35.6 Å². The van der Waals surface area contributed by atoms with E-state index in [1.165, 1.54) is 5.69 Å². The van der Waals surface area contributed by atoms with Gasteiger partial charge in [-0.3, -0.25) is 4.79 Å². The smallest absolute Gasteiger partial charge is 0.228 e. The molecule has 1 aromatic rings. The lowest BCUT2D eigenvalue weighted by Gasteiger charge is -2.31. The first-order valence-corrected chi connectivity index (χ1v) is 6.40. The number of rotatable bonds is 5. The number of hydrogen-bond donors (Lipinski definition) is 1. The molecular formula is C14H21N3O. The number of likely N-dealkylation sites (N-methyl/N-ethyl adjacent to an activating group) is 2. The van der Waals surface area contributed by atoms with Crippen molar-refractivity contribution < 1.29 is 4.79 Å². The lowest BCUT2D eigenvalue weighted by Crippen LogP contribution is -2.52. The van der Waals surface area contributed by atoms with Crippen LogP contribution in [0.15, 0.2) is 30.3 Å². The second-order valence-electron chi connectivity index (χ2n) is 4.87. The molecule has 1 saturated heterocycles. The van der Waals surface area contributed by atoms with Gasteiger partial charge in [-0.25, -0.2) is 0 Å². The summed E-state index contributed by atoms with van der Waals surface area (Å²) in [5, 5.41) is 3.13. The third kappa shape index (κ3) is 3.01. The molecule has 1 aliphatic heterocycles. The van der Waals surface area contributed by atoms with E-state index < -0.39 is 0 Å². The van der Waals surface area contributed by atoms with E-state index in [1.54, 1.807) is 0 Å². The van der Waals surface area contributed by atoms with E-state index in [1.807, 2.05) is 30.1 Å². The minimum atomic E-state index is 0.192. The lowest BCUT2D eigenvalue weighted by atomic mass is 10.0. The predicted molar refractivity (Wildman–Crippen MR) is 73.7 cm³/mol. The highest BCUT2D eigenvalue weighted by molar-refractivity contribution is 5.80. The van der Waals surface area contributed by atoms with Crippen molar-refractivity contribution in [2.45, 2.75) is 0 Å². The normalized spacial score (nSPS) is 15.0. The van der Waals surface area contributed by atoms with E-state index in [2.05, 4.69) is 29.4 Å². The maximum Gasteiger partial charge on any atom is 0.228 e. The summed E-state index contributed by atoms with van der Waals surface area (Å²) in [7, 11) is 3.94. The van der Waals surface area contributed by atoms with Gasteiger partial charge in [0.25, 0.3) is 0 Å². The summed E-state index contributed by atoms with van der Waals surface area (Å²) in [6, 6.07) is 10.2. The molecule has 0 bridgehead atoms. The Kier molecular flexibility index (Phi) is 4.20. The summed E-state index contributed by atoms with van der Waals surface area (Å²) in [4.78, 5) is 15.9. The Morgan fingerprint density at radius 1 is 1.22 bits per heavy atom. The maximum atomic E-state index is 11.9. The molecule has 0 radical (unpaired) electrons. The highest BCUT2D eigenvalue weighted by atomic mass is 16.2.